The molecule has 20 heavy (non-hydrogen) atoms. The summed E-state index contributed by atoms with van der Waals surface area (Å²) in [6, 6.07) is 1.98. The van der Waals surface area contributed by atoms with Crippen LogP contribution in [0.4, 0.5) is 11.4 Å². The first-order valence-corrected chi connectivity index (χ1v) is 6.65. The van der Waals surface area contributed by atoms with Crippen molar-refractivity contribution in [2.75, 3.05) is 24.3 Å². The molecule has 0 saturated heterocycles. The molecule has 0 bridgehead atoms. The highest BCUT2D eigenvalue weighted by Gasteiger charge is 2.15. The molecule has 6 nitrogen and oxygen atoms in total. The van der Waals surface area contributed by atoms with Crippen LogP contribution in [0, 0.1) is 0 Å². The second-order valence-corrected chi connectivity index (χ2v) is 5.97. The van der Waals surface area contributed by atoms with E-state index in [4.69, 9.17) is 0 Å². The van der Waals surface area contributed by atoms with Crippen LogP contribution < -0.4 is 10.2 Å². The number of aromatic nitrogens is 4. The number of rotatable bonds is 4. The van der Waals surface area contributed by atoms with Gasteiger partial charge in [0.15, 0.2) is 0 Å². The van der Waals surface area contributed by atoms with E-state index in [0.29, 0.717) is 6.54 Å². The molecule has 0 amide bonds. The largest absolute Gasteiger partial charge is 0.376 e. The highest BCUT2D eigenvalue weighted by atomic mass is 15.4. The molecule has 2 rings (SSSR count). The molecule has 0 atom stereocenters. The maximum atomic E-state index is 4.19. The third-order valence-electron chi connectivity index (χ3n) is 2.97. The molecule has 2 aromatic heterocycles. The molecule has 0 aliphatic heterocycles. The van der Waals surface area contributed by atoms with E-state index in [-0.39, 0.29) is 5.54 Å². The summed E-state index contributed by atoms with van der Waals surface area (Å²) in [7, 11) is 4.02. The molecule has 0 aliphatic carbocycles. The fourth-order valence-corrected chi connectivity index (χ4v) is 1.81. The highest BCUT2D eigenvalue weighted by Crippen LogP contribution is 2.22. The Bertz CT molecular complexity index is 567. The topological polar surface area (TPSA) is 58.9 Å². The molecular weight excluding hydrogens is 252 g/mol. The SMILES string of the molecule is CN(C)c1ccncc1NCc1cn(C(C)(C)C)nn1. The third kappa shape index (κ3) is 3.26. The molecule has 108 valence electrons. The Labute approximate surface area is 119 Å². The van der Waals surface area contributed by atoms with Gasteiger partial charge in [-0.25, -0.2) is 4.68 Å². The lowest BCUT2D eigenvalue weighted by atomic mass is 10.1. The quantitative estimate of drug-likeness (QED) is 0.925. The van der Waals surface area contributed by atoms with Crippen molar-refractivity contribution in [3.8, 4) is 0 Å². The standard InChI is InChI=1S/C14H22N6/c1-14(2,3)20-10-11(17-18-20)8-16-12-9-15-7-6-13(12)19(4)5/h6-7,9-10,16H,8H2,1-5H3. The van der Waals surface area contributed by atoms with Gasteiger partial charge in [0.05, 0.1) is 35.9 Å². The minimum Gasteiger partial charge on any atom is -0.376 e. The molecule has 0 aromatic carbocycles. The van der Waals surface area contributed by atoms with E-state index in [1.807, 2.05) is 37.2 Å². The monoisotopic (exact) mass is 274 g/mol. The summed E-state index contributed by atoms with van der Waals surface area (Å²) in [5, 5.41) is 11.7. The lowest BCUT2D eigenvalue weighted by Gasteiger charge is -2.18. The Morgan fingerprint density at radius 2 is 2.05 bits per heavy atom. The van der Waals surface area contributed by atoms with Crippen molar-refractivity contribution in [2.45, 2.75) is 32.9 Å². The van der Waals surface area contributed by atoms with Crippen molar-refractivity contribution in [1.29, 1.82) is 0 Å². The van der Waals surface area contributed by atoms with E-state index in [1.54, 1.807) is 6.20 Å². The Hall–Kier alpha value is -2.11. The Balaban J connectivity index is 2.08. The zero-order chi connectivity index (χ0) is 14.8. The van der Waals surface area contributed by atoms with Crippen LogP contribution in [0.25, 0.3) is 0 Å². The molecule has 0 saturated carbocycles. The van der Waals surface area contributed by atoms with E-state index >= 15 is 0 Å². The predicted octanol–water partition coefficient (Wildman–Crippen LogP) is 2.11. The lowest BCUT2D eigenvalue weighted by molar-refractivity contribution is 0.347. The van der Waals surface area contributed by atoms with Gasteiger partial charge in [0, 0.05) is 20.3 Å². The van der Waals surface area contributed by atoms with Crippen molar-refractivity contribution in [1.82, 2.24) is 20.0 Å². The van der Waals surface area contributed by atoms with Gasteiger partial charge in [-0.15, -0.1) is 5.10 Å². The van der Waals surface area contributed by atoms with Crippen LogP contribution in [0.15, 0.2) is 24.7 Å². The number of hydrogen-bond donors (Lipinski definition) is 1. The van der Waals surface area contributed by atoms with Gasteiger partial charge in [-0.2, -0.15) is 0 Å². The second kappa shape index (κ2) is 5.48. The molecule has 2 aromatic rings. The van der Waals surface area contributed by atoms with Gasteiger partial charge in [0.2, 0.25) is 0 Å². The van der Waals surface area contributed by atoms with E-state index < -0.39 is 0 Å². The van der Waals surface area contributed by atoms with E-state index in [2.05, 4.69) is 46.3 Å². The minimum atomic E-state index is -0.0473. The van der Waals surface area contributed by atoms with Crippen LogP contribution in [0.2, 0.25) is 0 Å². The zero-order valence-corrected chi connectivity index (χ0v) is 12.8. The normalized spacial score (nSPS) is 11.4. The van der Waals surface area contributed by atoms with Gasteiger partial charge in [-0.05, 0) is 26.8 Å². The molecule has 0 aliphatic rings. The zero-order valence-electron chi connectivity index (χ0n) is 12.8. The Morgan fingerprint density at radius 1 is 1.30 bits per heavy atom. The van der Waals surface area contributed by atoms with Crippen LogP contribution in [0.5, 0.6) is 0 Å². The van der Waals surface area contributed by atoms with Gasteiger partial charge in [-0.1, -0.05) is 5.21 Å². The summed E-state index contributed by atoms with van der Waals surface area (Å²) in [4.78, 5) is 6.21. The molecule has 1 N–H and O–H groups in total. The van der Waals surface area contributed by atoms with Crippen LogP contribution in [0.1, 0.15) is 26.5 Å². The molecule has 6 heteroatoms. The summed E-state index contributed by atoms with van der Waals surface area (Å²) in [5.74, 6) is 0. The van der Waals surface area contributed by atoms with Gasteiger partial charge < -0.3 is 10.2 Å². The van der Waals surface area contributed by atoms with E-state index in [9.17, 15) is 0 Å². The summed E-state index contributed by atoms with van der Waals surface area (Å²) in [6.07, 6.45) is 5.58. The van der Waals surface area contributed by atoms with Gasteiger partial charge in [0.25, 0.3) is 0 Å². The molecule has 2 heterocycles. The molecule has 0 spiro atoms. The number of nitrogens with zero attached hydrogens (tertiary/aromatic N) is 5. The number of anilines is 2. The summed E-state index contributed by atoms with van der Waals surface area (Å²) in [6.45, 7) is 6.93. The van der Waals surface area contributed by atoms with Crippen LogP contribution in [-0.4, -0.2) is 34.1 Å². The predicted molar refractivity (Wildman–Crippen MR) is 80.9 cm³/mol. The first kappa shape index (κ1) is 14.3. The number of nitrogens with one attached hydrogen (secondary N) is 1. The number of pyridine rings is 1. The number of hydrogen-bond acceptors (Lipinski definition) is 5. The van der Waals surface area contributed by atoms with Crippen molar-refractivity contribution in [2.24, 2.45) is 0 Å². The fourth-order valence-electron chi connectivity index (χ4n) is 1.81. The van der Waals surface area contributed by atoms with Crippen LogP contribution >= 0.6 is 0 Å². The van der Waals surface area contributed by atoms with Crippen molar-refractivity contribution >= 4 is 11.4 Å². The molecule has 0 radical (unpaired) electrons. The van der Waals surface area contributed by atoms with E-state index in [0.717, 1.165) is 17.1 Å². The Kier molecular flexibility index (Phi) is 3.92. The van der Waals surface area contributed by atoms with Gasteiger partial charge in [0.1, 0.15) is 5.69 Å². The van der Waals surface area contributed by atoms with E-state index in [1.165, 1.54) is 0 Å². The summed E-state index contributed by atoms with van der Waals surface area (Å²) < 4.78 is 1.88. The van der Waals surface area contributed by atoms with Gasteiger partial charge >= 0.3 is 0 Å². The average molecular weight is 274 g/mol. The molecular formula is C14H22N6. The third-order valence-corrected chi connectivity index (χ3v) is 2.97. The fraction of sp³-hybridized carbons (Fsp3) is 0.500. The highest BCUT2D eigenvalue weighted by molar-refractivity contribution is 5.67. The van der Waals surface area contributed by atoms with Gasteiger partial charge in [-0.3, -0.25) is 4.98 Å². The first-order valence-electron chi connectivity index (χ1n) is 6.65. The molecule has 0 fully saturated rings. The van der Waals surface area contributed by atoms with Crippen molar-refractivity contribution < 1.29 is 0 Å². The smallest absolute Gasteiger partial charge is 0.102 e. The maximum absolute atomic E-state index is 4.19. The average Bonchev–Trinajstić information content (AvgIpc) is 2.85. The van der Waals surface area contributed by atoms with Crippen LogP contribution in [0.3, 0.4) is 0 Å². The lowest BCUT2D eigenvalue weighted by Crippen LogP contribution is -2.22. The minimum absolute atomic E-state index is 0.0473. The summed E-state index contributed by atoms with van der Waals surface area (Å²) in [5.41, 5.74) is 2.95. The molecule has 0 unspecified atom stereocenters. The summed E-state index contributed by atoms with van der Waals surface area (Å²) >= 11 is 0. The second-order valence-electron chi connectivity index (χ2n) is 5.97. The van der Waals surface area contributed by atoms with Crippen molar-refractivity contribution in [3.05, 3.63) is 30.4 Å². The maximum Gasteiger partial charge on any atom is 0.102 e. The van der Waals surface area contributed by atoms with Crippen molar-refractivity contribution in [3.63, 3.8) is 0 Å². The van der Waals surface area contributed by atoms with Crippen LogP contribution in [-0.2, 0) is 12.1 Å². The Morgan fingerprint density at radius 3 is 2.65 bits per heavy atom. The first-order chi connectivity index (χ1) is 9.38.